The van der Waals surface area contributed by atoms with Gasteiger partial charge in [-0.3, -0.25) is 4.57 Å². The van der Waals surface area contributed by atoms with Crippen LogP contribution in [0, 0.1) is 0 Å². The van der Waals surface area contributed by atoms with Gasteiger partial charge in [-0.25, -0.2) is 9.97 Å². The van der Waals surface area contributed by atoms with Gasteiger partial charge in [0.05, 0.1) is 27.1 Å². The second-order valence-electron chi connectivity index (χ2n) is 8.30. The number of hydrogen-bond acceptors (Lipinski definition) is 3. The van der Waals surface area contributed by atoms with E-state index in [9.17, 15) is 0 Å². The largest absolute Gasteiger partial charge is 0.276 e. The van der Waals surface area contributed by atoms with Crippen LogP contribution in [0.4, 0.5) is 0 Å². The van der Waals surface area contributed by atoms with Crippen LogP contribution in [-0.2, 0) is 0 Å². The van der Waals surface area contributed by atoms with Gasteiger partial charge in [-0.2, -0.15) is 0 Å². The molecule has 0 amide bonds. The quantitative estimate of drug-likeness (QED) is 0.270. The van der Waals surface area contributed by atoms with Crippen molar-refractivity contribution in [2.75, 3.05) is 0 Å². The molecule has 0 saturated carbocycles. The summed E-state index contributed by atoms with van der Waals surface area (Å²) in [5, 5.41) is 2.46. The summed E-state index contributed by atoms with van der Waals surface area (Å²) in [4.78, 5) is 10.2. The maximum Gasteiger partial charge on any atom is 0.235 e. The van der Waals surface area contributed by atoms with E-state index in [-0.39, 0.29) is 0 Å². The second-order valence-corrected chi connectivity index (χ2v) is 9.35. The summed E-state index contributed by atoms with van der Waals surface area (Å²) in [6, 6.07) is 39.9. The average Bonchev–Trinajstić information content (AvgIpc) is 3.44. The Morgan fingerprint density at radius 1 is 0.559 bits per heavy atom. The number of hydrogen-bond donors (Lipinski definition) is 0. The Bertz CT molecular complexity index is 1730. The summed E-state index contributed by atoms with van der Waals surface area (Å²) in [5.74, 6) is 0.690. The normalized spacial score (nSPS) is 11.5. The monoisotopic (exact) mass is 453 g/mol. The molecule has 0 atom stereocenters. The molecule has 0 fully saturated rings. The lowest BCUT2D eigenvalue weighted by atomic mass is 10.1. The molecular formula is C30H19N3S. The van der Waals surface area contributed by atoms with E-state index in [1.165, 1.54) is 25.7 Å². The van der Waals surface area contributed by atoms with Crippen LogP contribution in [0.5, 0.6) is 0 Å². The number of nitrogens with zero attached hydrogens (tertiary/aromatic N) is 3. The summed E-state index contributed by atoms with van der Waals surface area (Å²) < 4.78 is 4.78. The molecule has 3 aromatic heterocycles. The number of fused-ring (bicyclic) bond motifs is 5. The van der Waals surface area contributed by atoms with Crippen molar-refractivity contribution in [2.45, 2.75) is 0 Å². The number of benzene rings is 4. The Morgan fingerprint density at radius 3 is 1.79 bits per heavy atom. The van der Waals surface area contributed by atoms with Crippen LogP contribution in [0.25, 0.3) is 59.7 Å². The summed E-state index contributed by atoms with van der Waals surface area (Å²) in [6.45, 7) is 0. The van der Waals surface area contributed by atoms with Crippen LogP contribution >= 0.6 is 11.3 Å². The molecule has 34 heavy (non-hydrogen) atoms. The predicted octanol–water partition coefficient (Wildman–Crippen LogP) is 8.12. The van der Waals surface area contributed by atoms with Crippen LogP contribution < -0.4 is 0 Å². The smallest absolute Gasteiger partial charge is 0.235 e. The van der Waals surface area contributed by atoms with E-state index < -0.39 is 0 Å². The molecular weight excluding hydrogens is 434 g/mol. The number of rotatable bonds is 3. The molecule has 7 rings (SSSR count). The van der Waals surface area contributed by atoms with Crippen LogP contribution in [0.2, 0.25) is 0 Å². The molecule has 0 unspecified atom stereocenters. The Balaban J connectivity index is 1.61. The molecule has 0 saturated heterocycles. The summed E-state index contributed by atoms with van der Waals surface area (Å²) in [7, 11) is 0. The van der Waals surface area contributed by atoms with Crippen molar-refractivity contribution in [2.24, 2.45) is 0 Å². The maximum absolute atomic E-state index is 5.11. The molecule has 0 spiro atoms. The van der Waals surface area contributed by atoms with Gasteiger partial charge in [-0.15, -0.1) is 11.3 Å². The van der Waals surface area contributed by atoms with Crippen molar-refractivity contribution in [3.8, 4) is 28.5 Å². The van der Waals surface area contributed by atoms with E-state index in [4.69, 9.17) is 9.97 Å². The number of para-hydroxylation sites is 1. The molecule has 0 radical (unpaired) electrons. The molecule has 160 valence electrons. The lowest BCUT2D eigenvalue weighted by molar-refractivity contribution is 0.998. The third-order valence-electron chi connectivity index (χ3n) is 6.24. The van der Waals surface area contributed by atoms with Gasteiger partial charge in [-0.05, 0) is 18.2 Å². The van der Waals surface area contributed by atoms with Crippen LogP contribution in [0.15, 0.2) is 115 Å². The Morgan fingerprint density at radius 2 is 1.12 bits per heavy atom. The molecule has 3 nitrogen and oxygen atoms in total. The van der Waals surface area contributed by atoms with Crippen LogP contribution in [0.3, 0.4) is 0 Å². The minimum Gasteiger partial charge on any atom is -0.276 e. The van der Waals surface area contributed by atoms with Crippen LogP contribution in [-0.4, -0.2) is 14.5 Å². The second kappa shape index (κ2) is 7.65. The fraction of sp³-hybridized carbons (Fsp3) is 0. The highest BCUT2D eigenvalue weighted by Crippen LogP contribution is 2.42. The average molecular weight is 454 g/mol. The first-order chi connectivity index (χ1) is 16.9. The first-order valence-electron chi connectivity index (χ1n) is 11.3. The van der Waals surface area contributed by atoms with Crippen molar-refractivity contribution >= 4 is 42.5 Å². The standard InChI is InChI=1S/C30H19N3S/c1-3-11-20(12-4-1)24-19-25(21-13-5-2-6-14-21)32-30(31-24)33-26-17-9-7-15-22(26)29-28(33)23-16-8-10-18-27(23)34-29/h1-19H. The molecule has 0 bridgehead atoms. The highest BCUT2D eigenvalue weighted by Gasteiger charge is 2.20. The zero-order valence-corrected chi connectivity index (χ0v) is 19.0. The van der Waals surface area contributed by atoms with E-state index in [0.29, 0.717) is 5.95 Å². The third kappa shape index (κ3) is 2.96. The minimum atomic E-state index is 0.690. The maximum atomic E-state index is 5.11. The van der Waals surface area contributed by atoms with Gasteiger partial charge in [0.15, 0.2) is 0 Å². The minimum absolute atomic E-state index is 0.690. The van der Waals surface area contributed by atoms with Gasteiger partial charge in [-0.1, -0.05) is 97.1 Å². The van der Waals surface area contributed by atoms with E-state index in [1.807, 2.05) is 23.5 Å². The molecule has 0 aliphatic rings. The summed E-state index contributed by atoms with van der Waals surface area (Å²) in [5.41, 5.74) is 6.27. The van der Waals surface area contributed by atoms with Crippen molar-refractivity contribution in [1.82, 2.24) is 14.5 Å². The van der Waals surface area contributed by atoms with Gasteiger partial charge < -0.3 is 0 Å². The van der Waals surface area contributed by atoms with Gasteiger partial charge in [0.25, 0.3) is 0 Å². The first kappa shape index (κ1) is 19.2. The van der Waals surface area contributed by atoms with Crippen molar-refractivity contribution in [3.05, 3.63) is 115 Å². The van der Waals surface area contributed by atoms with Crippen molar-refractivity contribution in [1.29, 1.82) is 0 Å². The van der Waals surface area contributed by atoms with E-state index in [0.717, 1.165) is 28.0 Å². The molecule has 7 aromatic rings. The zero-order valence-electron chi connectivity index (χ0n) is 18.2. The zero-order chi connectivity index (χ0) is 22.5. The number of aromatic nitrogens is 3. The Kier molecular flexibility index (Phi) is 4.32. The van der Waals surface area contributed by atoms with E-state index in [2.05, 4.69) is 108 Å². The van der Waals surface area contributed by atoms with E-state index >= 15 is 0 Å². The van der Waals surface area contributed by atoms with Crippen LogP contribution in [0.1, 0.15) is 0 Å². The summed E-state index contributed by atoms with van der Waals surface area (Å²) >= 11 is 1.83. The first-order valence-corrected chi connectivity index (χ1v) is 12.1. The predicted molar refractivity (Wildman–Crippen MR) is 143 cm³/mol. The van der Waals surface area contributed by atoms with Gasteiger partial charge in [0.1, 0.15) is 0 Å². The lowest BCUT2D eigenvalue weighted by Crippen LogP contribution is -2.03. The highest BCUT2D eigenvalue weighted by molar-refractivity contribution is 7.26. The molecule has 0 N–H and O–H groups in total. The third-order valence-corrected chi connectivity index (χ3v) is 7.43. The molecule has 4 aromatic carbocycles. The molecule has 4 heteroatoms. The lowest BCUT2D eigenvalue weighted by Gasteiger charge is -2.11. The molecule has 3 heterocycles. The van der Waals surface area contributed by atoms with Gasteiger partial charge >= 0.3 is 0 Å². The Hall–Kier alpha value is -4.28. The fourth-order valence-electron chi connectivity index (χ4n) is 4.67. The molecule has 0 aliphatic heterocycles. The summed E-state index contributed by atoms with van der Waals surface area (Å²) in [6.07, 6.45) is 0. The van der Waals surface area contributed by atoms with Crippen molar-refractivity contribution < 1.29 is 0 Å². The highest BCUT2D eigenvalue weighted by atomic mass is 32.1. The molecule has 0 aliphatic carbocycles. The number of thiophene rings is 1. The SMILES string of the molecule is c1ccc(-c2cc(-c3ccccc3)nc(-n3c4ccccc4c4sc5ccccc5c43)n2)cc1. The Labute approximate surface area is 200 Å². The fourth-order valence-corrected chi connectivity index (χ4v) is 5.90. The van der Waals surface area contributed by atoms with Gasteiger partial charge in [0, 0.05) is 26.6 Å². The van der Waals surface area contributed by atoms with Crippen molar-refractivity contribution in [3.63, 3.8) is 0 Å². The van der Waals surface area contributed by atoms with Gasteiger partial charge in [0.2, 0.25) is 5.95 Å². The van der Waals surface area contributed by atoms with E-state index in [1.54, 1.807) is 0 Å². The topological polar surface area (TPSA) is 30.7 Å².